The Balaban J connectivity index is 2.62. The Morgan fingerprint density at radius 3 is 2.12 bits per heavy atom. The van der Waals surface area contributed by atoms with Crippen LogP contribution < -0.4 is 4.72 Å². The molecule has 0 aliphatic carbocycles. The van der Waals surface area contributed by atoms with Gasteiger partial charge in [-0.25, -0.2) is 13.1 Å². The summed E-state index contributed by atoms with van der Waals surface area (Å²) in [7, 11) is 0.311. The summed E-state index contributed by atoms with van der Waals surface area (Å²) in [5.41, 5.74) is 1.10. The van der Waals surface area contributed by atoms with Crippen molar-refractivity contribution in [3.63, 3.8) is 0 Å². The number of rotatable bonds is 9. The number of amides is 1. The fourth-order valence-electron chi connectivity index (χ4n) is 2.18. The summed E-state index contributed by atoms with van der Waals surface area (Å²) in [6.07, 6.45) is 0. The quantitative estimate of drug-likeness (QED) is 0.729. The maximum atomic E-state index is 12.3. The van der Waals surface area contributed by atoms with Gasteiger partial charge in [0.1, 0.15) is 0 Å². The highest BCUT2D eigenvalue weighted by molar-refractivity contribution is 7.89. The molecule has 24 heavy (non-hydrogen) atoms. The van der Waals surface area contributed by atoms with Gasteiger partial charge >= 0.3 is 0 Å². The summed E-state index contributed by atoms with van der Waals surface area (Å²) in [5.74, 6) is 0.299. The van der Waals surface area contributed by atoms with Crippen LogP contribution in [0.4, 0.5) is 0 Å². The fraction of sp³-hybridized carbons (Fsp3) is 0.588. The molecule has 1 aromatic rings. The van der Waals surface area contributed by atoms with Crippen LogP contribution in [0.3, 0.4) is 0 Å². The molecule has 0 atom stereocenters. The number of nitrogens with zero attached hydrogens (tertiary/aromatic N) is 2. The van der Waals surface area contributed by atoms with Crippen LogP contribution in [0.2, 0.25) is 0 Å². The molecule has 0 fully saturated rings. The maximum Gasteiger partial charge on any atom is 0.240 e. The average Bonchev–Trinajstić information content (AvgIpc) is 2.50. The lowest BCUT2D eigenvalue weighted by Gasteiger charge is -2.23. The molecule has 136 valence electrons. The van der Waals surface area contributed by atoms with Crippen LogP contribution in [-0.2, 0) is 14.8 Å². The van der Waals surface area contributed by atoms with Crippen LogP contribution in [0.5, 0.6) is 0 Å². The third-order valence-electron chi connectivity index (χ3n) is 3.79. The molecule has 0 aromatic heterocycles. The highest BCUT2D eigenvalue weighted by Crippen LogP contribution is 2.17. The third kappa shape index (κ3) is 6.59. The molecule has 0 unspecified atom stereocenters. The molecule has 6 nitrogen and oxygen atoms in total. The van der Waals surface area contributed by atoms with E-state index in [0.29, 0.717) is 19.0 Å². The maximum absolute atomic E-state index is 12.3. The van der Waals surface area contributed by atoms with Crippen molar-refractivity contribution in [1.82, 2.24) is 14.5 Å². The first-order chi connectivity index (χ1) is 11.1. The predicted molar refractivity (Wildman–Crippen MR) is 96.5 cm³/mol. The Labute approximate surface area is 145 Å². The first kappa shape index (κ1) is 20.6. The van der Waals surface area contributed by atoms with E-state index in [1.54, 1.807) is 17.0 Å². The van der Waals surface area contributed by atoms with Crippen molar-refractivity contribution in [2.24, 2.45) is 0 Å². The summed E-state index contributed by atoms with van der Waals surface area (Å²) in [6, 6.07) is 6.90. The second-order valence-corrected chi connectivity index (χ2v) is 8.20. The lowest BCUT2D eigenvalue weighted by Crippen LogP contribution is -2.40. The molecule has 7 heteroatoms. The lowest BCUT2D eigenvalue weighted by molar-refractivity contribution is -0.128. The smallest absolute Gasteiger partial charge is 0.240 e. The number of carbonyl (C=O) groups is 1. The normalized spacial score (nSPS) is 12.0. The van der Waals surface area contributed by atoms with Gasteiger partial charge in [-0.15, -0.1) is 0 Å². The van der Waals surface area contributed by atoms with E-state index in [0.717, 1.165) is 12.1 Å². The summed E-state index contributed by atoms with van der Waals surface area (Å²) >= 11 is 0. The number of carbonyl (C=O) groups excluding carboxylic acids is 1. The van der Waals surface area contributed by atoms with Gasteiger partial charge in [-0.2, -0.15) is 0 Å². The van der Waals surface area contributed by atoms with E-state index in [1.807, 2.05) is 31.1 Å². The number of benzene rings is 1. The number of nitrogens with one attached hydrogen (secondary N) is 1. The first-order valence-corrected chi connectivity index (χ1v) is 9.61. The largest absolute Gasteiger partial charge is 0.340 e. The van der Waals surface area contributed by atoms with E-state index in [4.69, 9.17) is 0 Å². The van der Waals surface area contributed by atoms with E-state index >= 15 is 0 Å². The van der Waals surface area contributed by atoms with Gasteiger partial charge in [-0.1, -0.05) is 26.0 Å². The van der Waals surface area contributed by atoms with Crippen molar-refractivity contribution >= 4 is 15.9 Å². The van der Waals surface area contributed by atoms with Gasteiger partial charge in [0.2, 0.25) is 15.9 Å². The molecule has 0 bridgehead atoms. The van der Waals surface area contributed by atoms with Gasteiger partial charge in [-0.3, -0.25) is 4.79 Å². The van der Waals surface area contributed by atoms with E-state index in [2.05, 4.69) is 18.6 Å². The predicted octanol–water partition coefficient (Wildman–Crippen LogP) is 1.50. The lowest BCUT2D eigenvalue weighted by atomic mass is 10.0. The third-order valence-corrected chi connectivity index (χ3v) is 5.27. The second-order valence-electron chi connectivity index (χ2n) is 6.43. The van der Waals surface area contributed by atoms with Crippen LogP contribution in [0.1, 0.15) is 32.3 Å². The zero-order valence-corrected chi connectivity index (χ0v) is 16.1. The monoisotopic (exact) mass is 355 g/mol. The zero-order valence-electron chi connectivity index (χ0n) is 15.2. The molecule has 0 spiro atoms. The number of hydrogen-bond donors (Lipinski definition) is 1. The Kier molecular flexibility index (Phi) is 7.86. The summed E-state index contributed by atoms with van der Waals surface area (Å²) in [5, 5.41) is 0. The highest BCUT2D eigenvalue weighted by atomic mass is 32.2. The van der Waals surface area contributed by atoms with Gasteiger partial charge < -0.3 is 9.80 Å². The number of hydrogen-bond acceptors (Lipinski definition) is 4. The van der Waals surface area contributed by atoms with Gasteiger partial charge in [0.05, 0.1) is 4.90 Å². The fourth-order valence-corrected chi connectivity index (χ4v) is 3.20. The molecule has 0 aliphatic heterocycles. The Morgan fingerprint density at radius 1 is 1.08 bits per heavy atom. The van der Waals surface area contributed by atoms with Crippen LogP contribution >= 0.6 is 0 Å². The minimum atomic E-state index is -3.55. The Bertz CT molecular complexity index is 625. The molecule has 1 amide bonds. The van der Waals surface area contributed by atoms with Crippen LogP contribution in [-0.4, -0.2) is 64.4 Å². The highest BCUT2D eigenvalue weighted by Gasteiger charge is 2.15. The second kappa shape index (κ2) is 9.15. The number of sulfonamides is 1. The summed E-state index contributed by atoms with van der Waals surface area (Å²) < 4.78 is 27.2. The van der Waals surface area contributed by atoms with Gasteiger partial charge in [0.25, 0.3) is 0 Å². The van der Waals surface area contributed by atoms with Crippen LogP contribution in [0, 0.1) is 0 Å². The van der Waals surface area contributed by atoms with Crippen LogP contribution in [0.15, 0.2) is 29.2 Å². The van der Waals surface area contributed by atoms with Crippen LogP contribution in [0.25, 0.3) is 0 Å². The van der Waals surface area contributed by atoms with E-state index < -0.39 is 10.0 Å². The molecule has 0 saturated heterocycles. The molecule has 0 heterocycles. The molecule has 1 aromatic carbocycles. The molecule has 0 saturated carbocycles. The minimum Gasteiger partial charge on any atom is -0.340 e. The van der Waals surface area contributed by atoms with Gasteiger partial charge in [0.15, 0.2) is 0 Å². The van der Waals surface area contributed by atoms with Crippen molar-refractivity contribution in [3.8, 4) is 0 Å². The Morgan fingerprint density at radius 2 is 1.67 bits per heavy atom. The van der Waals surface area contributed by atoms with Crippen molar-refractivity contribution < 1.29 is 13.2 Å². The van der Waals surface area contributed by atoms with E-state index in [-0.39, 0.29) is 17.3 Å². The first-order valence-electron chi connectivity index (χ1n) is 8.13. The SMILES string of the molecule is CC(=O)N(CCNS(=O)(=O)c1ccc(C(C)C)cc1)CCN(C)C. The topological polar surface area (TPSA) is 69.7 Å². The van der Waals surface area contributed by atoms with E-state index in [1.165, 1.54) is 6.92 Å². The zero-order chi connectivity index (χ0) is 18.3. The molecule has 1 rings (SSSR count). The molecular formula is C17H29N3O3S. The Hall–Kier alpha value is -1.44. The average molecular weight is 356 g/mol. The van der Waals surface area contributed by atoms with Crippen molar-refractivity contribution in [2.45, 2.75) is 31.6 Å². The summed E-state index contributed by atoms with van der Waals surface area (Å²) in [6.45, 7) is 7.48. The minimum absolute atomic E-state index is 0.0580. The van der Waals surface area contributed by atoms with Crippen molar-refractivity contribution in [1.29, 1.82) is 0 Å². The van der Waals surface area contributed by atoms with Gasteiger partial charge in [-0.05, 0) is 37.7 Å². The van der Waals surface area contributed by atoms with Crippen molar-refractivity contribution in [2.75, 3.05) is 40.3 Å². The molecule has 1 N–H and O–H groups in total. The van der Waals surface area contributed by atoms with Crippen molar-refractivity contribution in [3.05, 3.63) is 29.8 Å². The standard InChI is InChI=1S/C17H29N3O3S/c1-14(2)16-6-8-17(9-7-16)24(22,23)18-10-11-20(15(3)21)13-12-19(4)5/h6-9,14,18H,10-13H2,1-5H3. The molecular weight excluding hydrogens is 326 g/mol. The molecule has 0 aliphatic rings. The van der Waals surface area contributed by atoms with E-state index in [9.17, 15) is 13.2 Å². The number of likely N-dealkylation sites (N-methyl/N-ethyl adjacent to an activating group) is 1. The summed E-state index contributed by atoms with van der Waals surface area (Å²) in [4.78, 5) is 15.5. The molecule has 0 radical (unpaired) electrons. The van der Waals surface area contributed by atoms with Gasteiger partial charge in [0, 0.05) is 33.1 Å².